The molecule has 0 bridgehead atoms. The molecule has 0 unspecified atom stereocenters. The van der Waals surface area contributed by atoms with Crippen LogP contribution in [0, 0.1) is 6.92 Å². The minimum Gasteiger partial charge on any atom is -0.480 e. The summed E-state index contributed by atoms with van der Waals surface area (Å²) < 4.78 is 0. The fraction of sp³-hybridized carbons (Fsp3) is 0.333. The fourth-order valence-corrected chi connectivity index (χ4v) is 1.88. The average molecular weight is 276 g/mol. The van der Waals surface area contributed by atoms with Gasteiger partial charge in [0.2, 0.25) is 0 Å². The Bertz CT molecular complexity index is 500. The molecule has 108 valence electrons. The lowest BCUT2D eigenvalue weighted by molar-refractivity contribution is -0.137. The van der Waals surface area contributed by atoms with E-state index in [4.69, 9.17) is 5.11 Å². The number of carboxylic acids is 1. The Morgan fingerprint density at radius 2 is 2.00 bits per heavy atom. The second-order valence-electron chi connectivity index (χ2n) is 4.63. The van der Waals surface area contributed by atoms with E-state index in [2.05, 4.69) is 6.58 Å². The number of aliphatic carboxylic acids is 1. The summed E-state index contributed by atoms with van der Waals surface area (Å²) in [7, 11) is 1.66. The van der Waals surface area contributed by atoms with Crippen molar-refractivity contribution in [3.63, 3.8) is 0 Å². The van der Waals surface area contributed by atoms with Crippen molar-refractivity contribution >= 4 is 12.0 Å². The van der Waals surface area contributed by atoms with E-state index in [0.29, 0.717) is 6.54 Å². The third kappa shape index (κ3) is 4.42. The number of urea groups is 1. The van der Waals surface area contributed by atoms with Crippen molar-refractivity contribution in [2.24, 2.45) is 0 Å². The number of hydrogen-bond donors (Lipinski definition) is 1. The Hall–Kier alpha value is -2.30. The third-order valence-corrected chi connectivity index (χ3v) is 2.94. The molecule has 2 amide bonds. The van der Waals surface area contributed by atoms with Gasteiger partial charge in [-0.2, -0.15) is 0 Å². The third-order valence-electron chi connectivity index (χ3n) is 2.94. The first-order chi connectivity index (χ1) is 9.45. The molecule has 1 rings (SSSR count). The fourth-order valence-electron chi connectivity index (χ4n) is 1.88. The van der Waals surface area contributed by atoms with Crippen molar-refractivity contribution in [2.75, 3.05) is 20.1 Å². The standard InChI is InChI=1S/C15H20N2O3/c1-4-9-17(11-14(18)19)15(20)16(3)10-13-8-6-5-7-12(13)2/h4-8H,1,9-11H2,2-3H3,(H,18,19). The maximum atomic E-state index is 12.2. The zero-order chi connectivity index (χ0) is 15.1. The predicted octanol–water partition coefficient (Wildman–Crippen LogP) is 2.12. The van der Waals surface area contributed by atoms with Crippen LogP contribution in [0.2, 0.25) is 0 Å². The molecule has 1 aromatic carbocycles. The van der Waals surface area contributed by atoms with Crippen LogP contribution >= 0.6 is 0 Å². The van der Waals surface area contributed by atoms with Gasteiger partial charge < -0.3 is 14.9 Å². The van der Waals surface area contributed by atoms with E-state index in [0.717, 1.165) is 11.1 Å². The van der Waals surface area contributed by atoms with Crippen LogP contribution in [0.1, 0.15) is 11.1 Å². The van der Waals surface area contributed by atoms with Crippen LogP contribution in [0.5, 0.6) is 0 Å². The SMILES string of the molecule is C=CCN(CC(=O)O)C(=O)N(C)Cc1ccccc1C. The van der Waals surface area contributed by atoms with Crippen molar-refractivity contribution in [1.82, 2.24) is 9.80 Å². The highest BCUT2D eigenvalue weighted by Crippen LogP contribution is 2.10. The number of amides is 2. The molecule has 1 N–H and O–H groups in total. The van der Waals surface area contributed by atoms with Crippen LogP contribution in [-0.4, -0.2) is 47.0 Å². The molecule has 0 spiro atoms. The van der Waals surface area contributed by atoms with Crippen LogP contribution in [0.25, 0.3) is 0 Å². The lowest BCUT2D eigenvalue weighted by Gasteiger charge is -2.26. The Morgan fingerprint density at radius 3 is 2.55 bits per heavy atom. The molecular weight excluding hydrogens is 256 g/mol. The van der Waals surface area contributed by atoms with Gasteiger partial charge in [0.1, 0.15) is 6.54 Å². The van der Waals surface area contributed by atoms with Gasteiger partial charge in [0.15, 0.2) is 0 Å². The van der Waals surface area contributed by atoms with Gasteiger partial charge in [-0.3, -0.25) is 4.79 Å². The molecule has 0 fully saturated rings. The van der Waals surface area contributed by atoms with Crippen LogP contribution < -0.4 is 0 Å². The van der Waals surface area contributed by atoms with Gasteiger partial charge in [-0.15, -0.1) is 6.58 Å². The first-order valence-corrected chi connectivity index (χ1v) is 6.33. The molecule has 0 aliphatic carbocycles. The van der Waals surface area contributed by atoms with Crippen molar-refractivity contribution < 1.29 is 14.7 Å². The van der Waals surface area contributed by atoms with E-state index in [9.17, 15) is 9.59 Å². The number of benzene rings is 1. The normalized spacial score (nSPS) is 9.90. The molecule has 0 aliphatic rings. The van der Waals surface area contributed by atoms with Crippen LogP contribution in [0.15, 0.2) is 36.9 Å². The Morgan fingerprint density at radius 1 is 1.35 bits per heavy atom. The Kier molecular flexibility index (Phi) is 5.77. The predicted molar refractivity (Wildman–Crippen MR) is 77.4 cm³/mol. The number of hydrogen-bond acceptors (Lipinski definition) is 2. The largest absolute Gasteiger partial charge is 0.480 e. The number of nitrogens with zero attached hydrogens (tertiary/aromatic N) is 2. The molecule has 0 aliphatic heterocycles. The summed E-state index contributed by atoms with van der Waals surface area (Å²) in [5.41, 5.74) is 2.14. The Labute approximate surface area is 119 Å². The topological polar surface area (TPSA) is 60.9 Å². The van der Waals surface area contributed by atoms with Gasteiger partial charge >= 0.3 is 12.0 Å². The van der Waals surface area contributed by atoms with Crippen LogP contribution in [-0.2, 0) is 11.3 Å². The van der Waals surface area contributed by atoms with Gasteiger partial charge in [-0.05, 0) is 18.1 Å². The highest BCUT2D eigenvalue weighted by Gasteiger charge is 2.19. The summed E-state index contributed by atoms with van der Waals surface area (Å²) >= 11 is 0. The highest BCUT2D eigenvalue weighted by molar-refractivity contribution is 5.80. The van der Waals surface area contributed by atoms with Gasteiger partial charge in [-0.1, -0.05) is 30.3 Å². The molecule has 20 heavy (non-hydrogen) atoms. The molecule has 5 heteroatoms. The molecule has 0 saturated carbocycles. The van der Waals surface area contributed by atoms with Crippen molar-refractivity contribution in [3.05, 3.63) is 48.0 Å². The smallest absolute Gasteiger partial charge is 0.323 e. The average Bonchev–Trinajstić information content (AvgIpc) is 2.39. The maximum absolute atomic E-state index is 12.2. The quantitative estimate of drug-likeness (QED) is 0.810. The van der Waals surface area contributed by atoms with Crippen LogP contribution in [0.3, 0.4) is 0 Å². The molecular formula is C15H20N2O3. The minimum atomic E-state index is -1.04. The molecule has 0 heterocycles. The van der Waals surface area contributed by atoms with Crippen molar-refractivity contribution in [3.8, 4) is 0 Å². The van der Waals surface area contributed by atoms with Gasteiger partial charge in [0.05, 0.1) is 0 Å². The van der Waals surface area contributed by atoms with E-state index < -0.39 is 5.97 Å². The van der Waals surface area contributed by atoms with E-state index >= 15 is 0 Å². The molecule has 0 atom stereocenters. The monoisotopic (exact) mass is 276 g/mol. The number of aryl methyl sites for hydroxylation is 1. The second-order valence-corrected chi connectivity index (χ2v) is 4.63. The summed E-state index contributed by atoms with van der Waals surface area (Å²) in [6, 6.07) is 7.46. The Balaban J connectivity index is 2.76. The van der Waals surface area contributed by atoms with E-state index in [1.807, 2.05) is 31.2 Å². The summed E-state index contributed by atoms with van der Waals surface area (Å²) in [5.74, 6) is -1.04. The zero-order valence-electron chi connectivity index (χ0n) is 11.9. The van der Waals surface area contributed by atoms with E-state index in [1.165, 1.54) is 15.9 Å². The van der Waals surface area contributed by atoms with Gasteiger partial charge in [0.25, 0.3) is 0 Å². The van der Waals surface area contributed by atoms with E-state index in [1.54, 1.807) is 7.05 Å². The molecule has 0 saturated heterocycles. The number of carbonyl (C=O) groups excluding carboxylic acids is 1. The highest BCUT2D eigenvalue weighted by atomic mass is 16.4. The van der Waals surface area contributed by atoms with Gasteiger partial charge in [0, 0.05) is 20.1 Å². The van der Waals surface area contributed by atoms with Crippen LogP contribution in [0.4, 0.5) is 4.79 Å². The zero-order valence-corrected chi connectivity index (χ0v) is 11.9. The molecule has 5 nitrogen and oxygen atoms in total. The second kappa shape index (κ2) is 7.33. The van der Waals surface area contributed by atoms with Gasteiger partial charge in [-0.25, -0.2) is 4.79 Å². The molecule has 1 aromatic rings. The maximum Gasteiger partial charge on any atom is 0.323 e. The summed E-state index contributed by atoms with van der Waals surface area (Å²) in [4.78, 5) is 25.8. The number of rotatable bonds is 6. The first kappa shape index (κ1) is 15.8. The lowest BCUT2D eigenvalue weighted by Crippen LogP contribution is -2.43. The summed E-state index contributed by atoms with van der Waals surface area (Å²) in [6.07, 6.45) is 1.52. The molecule has 0 radical (unpaired) electrons. The molecule has 0 aromatic heterocycles. The summed E-state index contributed by atoms with van der Waals surface area (Å²) in [5, 5.41) is 8.83. The van der Waals surface area contributed by atoms with Crippen molar-refractivity contribution in [1.29, 1.82) is 0 Å². The number of carboxylic acid groups (broad SMARTS) is 1. The summed E-state index contributed by atoms with van der Waals surface area (Å²) in [6.45, 7) is 5.85. The van der Waals surface area contributed by atoms with E-state index in [-0.39, 0.29) is 19.1 Å². The first-order valence-electron chi connectivity index (χ1n) is 6.33. The minimum absolute atomic E-state index is 0.212. The van der Waals surface area contributed by atoms with Crippen molar-refractivity contribution in [2.45, 2.75) is 13.5 Å². The lowest BCUT2D eigenvalue weighted by atomic mass is 10.1. The number of carbonyl (C=O) groups is 2.